The van der Waals surface area contributed by atoms with Crippen molar-refractivity contribution < 1.29 is 4.74 Å². The number of rotatable bonds is 5. The van der Waals surface area contributed by atoms with E-state index in [0.29, 0.717) is 12.1 Å². The third-order valence-electron chi connectivity index (χ3n) is 4.58. The molecule has 1 N–H and O–H groups in total. The van der Waals surface area contributed by atoms with E-state index < -0.39 is 0 Å². The summed E-state index contributed by atoms with van der Waals surface area (Å²) in [5, 5.41) is 3.53. The molecule has 2 atom stereocenters. The second kappa shape index (κ2) is 7.78. The zero-order valence-electron chi connectivity index (χ0n) is 13.8. The smallest absolute Gasteiger partial charge is 0.122 e. The summed E-state index contributed by atoms with van der Waals surface area (Å²) in [7, 11) is 8.29. The molecule has 0 spiro atoms. The second-order valence-electron chi connectivity index (χ2n) is 6.07. The van der Waals surface area contributed by atoms with E-state index in [2.05, 4.69) is 48.4 Å². The first-order valence-electron chi connectivity index (χ1n) is 7.83. The first-order valence-corrected chi connectivity index (χ1v) is 7.83. The molecule has 1 heterocycles. The maximum absolute atomic E-state index is 5.50. The Morgan fingerprint density at radius 1 is 1.29 bits per heavy atom. The van der Waals surface area contributed by atoms with Crippen molar-refractivity contribution in [3.8, 4) is 5.75 Å². The number of methoxy groups -OCH3 is 1. The van der Waals surface area contributed by atoms with Crippen LogP contribution in [0.2, 0.25) is 0 Å². The van der Waals surface area contributed by atoms with Crippen LogP contribution in [0.4, 0.5) is 0 Å². The largest absolute Gasteiger partial charge is 0.496 e. The standard InChI is InChI=1S/C17H29N3O/c1-18-15(12-14-8-5-6-9-17(14)21-4)16-13-19(2)10-7-11-20(16)3/h5-6,8-9,15-16,18H,7,10-13H2,1-4H3. The van der Waals surface area contributed by atoms with E-state index in [4.69, 9.17) is 4.74 Å². The van der Waals surface area contributed by atoms with Gasteiger partial charge in [-0.05, 0) is 58.7 Å². The van der Waals surface area contributed by atoms with Gasteiger partial charge < -0.3 is 19.9 Å². The van der Waals surface area contributed by atoms with Crippen LogP contribution in [0.15, 0.2) is 24.3 Å². The van der Waals surface area contributed by atoms with E-state index in [9.17, 15) is 0 Å². The summed E-state index contributed by atoms with van der Waals surface area (Å²) in [6.07, 6.45) is 2.23. The van der Waals surface area contributed by atoms with Crippen LogP contribution >= 0.6 is 0 Å². The average molecular weight is 291 g/mol. The monoisotopic (exact) mass is 291 g/mol. The summed E-state index contributed by atoms with van der Waals surface area (Å²) in [5.74, 6) is 0.988. The summed E-state index contributed by atoms with van der Waals surface area (Å²) in [5.41, 5.74) is 1.28. The minimum Gasteiger partial charge on any atom is -0.496 e. The first-order chi connectivity index (χ1) is 10.2. The normalized spacial score (nSPS) is 22.8. The van der Waals surface area contributed by atoms with Crippen LogP contribution in [0.5, 0.6) is 5.75 Å². The van der Waals surface area contributed by atoms with Gasteiger partial charge in [-0.2, -0.15) is 0 Å². The number of hydrogen-bond acceptors (Lipinski definition) is 4. The van der Waals surface area contributed by atoms with E-state index in [-0.39, 0.29) is 0 Å². The third-order valence-corrected chi connectivity index (χ3v) is 4.58. The van der Waals surface area contributed by atoms with Gasteiger partial charge >= 0.3 is 0 Å². The summed E-state index contributed by atoms with van der Waals surface area (Å²) >= 11 is 0. The fourth-order valence-corrected chi connectivity index (χ4v) is 3.28. The number of ether oxygens (including phenoxy) is 1. The van der Waals surface area contributed by atoms with E-state index >= 15 is 0 Å². The van der Waals surface area contributed by atoms with Crippen molar-refractivity contribution in [1.82, 2.24) is 15.1 Å². The SMILES string of the molecule is CNC(Cc1ccccc1OC)C1CN(C)CCCN1C. The van der Waals surface area contributed by atoms with Crippen LogP contribution in [0, 0.1) is 0 Å². The van der Waals surface area contributed by atoms with Crippen LogP contribution in [0.3, 0.4) is 0 Å². The van der Waals surface area contributed by atoms with Gasteiger partial charge in [-0.1, -0.05) is 18.2 Å². The molecular weight excluding hydrogens is 262 g/mol. The maximum atomic E-state index is 5.50. The maximum Gasteiger partial charge on any atom is 0.122 e. The van der Waals surface area contributed by atoms with Crippen LogP contribution in [-0.4, -0.2) is 69.8 Å². The molecule has 0 saturated carbocycles. The Hall–Kier alpha value is -1.10. The molecule has 1 aliphatic heterocycles. The lowest BCUT2D eigenvalue weighted by Gasteiger charge is -2.34. The third kappa shape index (κ3) is 4.19. The molecule has 0 aromatic heterocycles. The van der Waals surface area contributed by atoms with Gasteiger partial charge in [-0.3, -0.25) is 0 Å². The van der Waals surface area contributed by atoms with Gasteiger partial charge in [0, 0.05) is 18.6 Å². The minimum absolute atomic E-state index is 0.423. The predicted octanol–water partition coefficient (Wildman–Crippen LogP) is 1.46. The van der Waals surface area contributed by atoms with Gasteiger partial charge in [-0.25, -0.2) is 0 Å². The molecule has 0 radical (unpaired) electrons. The van der Waals surface area contributed by atoms with Crippen molar-refractivity contribution in [3.63, 3.8) is 0 Å². The summed E-state index contributed by atoms with van der Waals surface area (Å²) in [6, 6.07) is 9.28. The molecule has 1 aromatic carbocycles. The van der Waals surface area contributed by atoms with Gasteiger partial charge in [-0.15, -0.1) is 0 Å². The van der Waals surface area contributed by atoms with Crippen molar-refractivity contribution >= 4 is 0 Å². The van der Waals surface area contributed by atoms with E-state index in [0.717, 1.165) is 18.7 Å². The van der Waals surface area contributed by atoms with Crippen LogP contribution in [0.25, 0.3) is 0 Å². The summed E-state index contributed by atoms with van der Waals surface area (Å²) in [4.78, 5) is 4.95. The predicted molar refractivity (Wildman–Crippen MR) is 88.1 cm³/mol. The number of benzene rings is 1. The van der Waals surface area contributed by atoms with E-state index in [1.165, 1.54) is 25.1 Å². The fraction of sp³-hybridized carbons (Fsp3) is 0.647. The molecule has 1 aliphatic rings. The van der Waals surface area contributed by atoms with Gasteiger partial charge in [0.25, 0.3) is 0 Å². The number of para-hydroxylation sites is 1. The molecule has 0 amide bonds. The highest BCUT2D eigenvalue weighted by molar-refractivity contribution is 5.34. The van der Waals surface area contributed by atoms with E-state index in [1.807, 2.05) is 12.1 Å². The van der Waals surface area contributed by atoms with Crippen molar-refractivity contribution in [1.29, 1.82) is 0 Å². The Bertz CT molecular complexity index is 438. The first kappa shape index (κ1) is 16.3. The fourth-order valence-electron chi connectivity index (χ4n) is 3.28. The number of hydrogen-bond donors (Lipinski definition) is 1. The molecule has 2 rings (SSSR count). The van der Waals surface area contributed by atoms with Crippen LogP contribution < -0.4 is 10.1 Å². The highest BCUT2D eigenvalue weighted by atomic mass is 16.5. The number of likely N-dealkylation sites (N-methyl/N-ethyl adjacent to an activating group) is 3. The van der Waals surface area contributed by atoms with Crippen LogP contribution in [-0.2, 0) is 6.42 Å². The Morgan fingerprint density at radius 3 is 2.76 bits per heavy atom. The zero-order valence-corrected chi connectivity index (χ0v) is 13.8. The lowest BCUT2D eigenvalue weighted by Crippen LogP contribution is -2.52. The second-order valence-corrected chi connectivity index (χ2v) is 6.07. The van der Waals surface area contributed by atoms with E-state index in [1.54, 1.807) is 7.11 Å². The molecule has 1 aromatic rings. The molecule has 4 nitrogen and oxygen atoms in total. The van der Waals surface area contributed by atoms with Gasteiger partial charge in [0.05, 0.1) is 7.11 Å². The van der Waals surface area contributed by atoms with Crippen molar-refractivity contribution in [2.45, 2.75) is 24.9 Å². The lowest BCUT2D eigenvalue weighted by atomic mass is 9.97. The Morgan fingerprint density at radius 2 is 2.05 bits per heavy atom. The number of nitrogens with one attached hydrogen (secondary N) is 1. The van der Waals surface area contributed by atoms with Crippen molar-refractivity contribution in [3.05, 3.63) is 29.8 Å². The topological polar surface area (TPSA) is 27.7 Å². The molecule has 0 aliphatic carbocycles. The molecule has 2 unspecified atom stereocenters. The molecule has 21 heavy (non-hydrogen) atoms. The quantitative estimate of drug-likeness (QED) is 0.889. The Labute approximate surface area is 129 Å². The number of nitrogens with zero attached hydrogens (tertiary/aromatic N) is 2. The lowest BCUT2D eigenvalue weighted by molar-refractivity contribution is 0.181. The van der Waals surface area contributed by atoms with Crippen molar-refractivity contribution in [2.75, 3.05) is 47.9 Å². The Balaban J connectivity index is 2.14. The molecule has 4 heteroatoms. The Kier molecular flexibility index (Phi) is 6.03. The minimum atomic E-state index is 0.423. The molecule has 0 bridgehead atoms. The molecular formula is C17H29N3O. The van der Waals surface area contributed by atoms with Gasteiger partial charge in [0.1, 0.15) is 5.75 Å². The molecule has 1 saturated heterocycles. The molecule has 118 valence electrons. The van der Waals surface area contributed by atoms with Crippen molar-refractivity contribution in [2.24, 2.45) is 0 Å². The zero-order chi connectivity index (χ0) is 15.2. The average Bonchev–Trinajstić information content (AvgIpc) is 2.66. The van der Waals surface area contributed by atoms with Gasteiger partial charge in [0.15, 0.2) is 0 Å². The highest BCUT2D eigenvalue weighted by Crippen LogP contribution is 2.21. The molecule has 1 fully saturated rings. The van der Waals surface area contributed by atoms with Crippen LogP contribution in [0.1, 0.15) is 12.0 Å². The van der Waals surface area contributed by atoms with Gasteiger partial charge in [0.2, 0.25) is 0 Å². The summed E-state index contributed by atoms with van der Waals surface area (Å²) < 4.78 is 5.50. The highest BCUT2D eigenvalue weighted by Gasteiger charge is 2.28. The summed E-state index contributed by atoms with van der Waals surface area (Å²) in [6.45, 7) is 3.46.